The third-order valence-corrected chi connectivity index (χ3v) is 4.54. The van der Waals surface area contributed by atoms with Crippen LogP contribution in [0.1, 0.15) is 46.5 Å². The van der Waals surface area contributed by atoms with Crippen molar-refractivity contribution in [2.45, 2.75) is 58.6 Å². The van der Waals surface area contributed by atoms with Crippen molar-refractivity contribution in [1.82, 2.24) is 9.97 Å². The van der Waals surface area contributed by atoms with Crippen molar-refractivity contribution in [3.63, 3.8) is 0 Å². The van der Waals surface area contributed by atoms with Gasteiger partial charge in [0, 0.05) is 24.3 Å². The van der Waals surface area contributed by atoms with Crippen LogP contribution in [0.2, 0.25) is 0 Å². The van der Waals surface area contributed by atoms with Crippen molar-refractivity contribution < 1.29 is 4.74 Å². The highest BCUT2D eigenvalue weighted by Crippen LogP contribution is 2.27. The van der Waals surface area contributed by atoms with Crippen molar-refractivity contribution in [2.75, 3.05) is 16.8 Å². The maximum atomic E-state index is 5.68. The number of rotatable bonds is 6. The van der Waals surface area contributed by atoms with Crippen LogP contribution in [0, 0.1) is 0 Å². The Bertz CT molecular complexity index is 672. The highest BCUT2D eigenvalue weighted by Gasteiger charge is 2.22. The molecule has 1 saturated heterocycles. The summed E-state index contributed by atoms with van der Waals surface area (Å²) in [4.78, 5) is 11.3. The molecule has 0 aliphatic carbocycles. The lowest BCUT2D eigenvalue weighted by Gasteiger charge is -2.36. The molecule has 0 radical (unpaired) electrons. The van der Waals surface area contributed by atoms with Gasteiger partial charge in [-0.3, -0.25) is 0 Å². The van der Waals surface area contributed by atoms with E-state index < -0.39 is 0 Å². The van der Waals surface area contributed by atoms with Crippen LogP contribution in [-0.4, -0.2) is 28.7 Å². The molecular formula is C20H28N4O. The standard InChI is InChI=1S/C20H28N4O/c1-4-17-7-5-6-12-24(17)20-13-19(21-14-22-20)23-16-8-10-18(11-9-16)25-15(2)3/h8-11,13-15,17H,4-7,12H2,1-3H3,(H,21,22,23). The highest BCUT2D eigenvalue weighted by atomic mass is 16.5. The van der Waals surface area contributed by atoms with E-state index in [0.29, 0.717) is 6.04 Å². The average molecular weight is 340 g/mol. The molecule has 1 atom stereocenters. The summed E-state index contributed by atoms with van der Waals surface area (Å²) in [6, 6.07) is 10.6. The van der Waals surface area contributed by atoms with Crippen LogP contribution in [-0.2, 0) is 0 Å². The fourth-order valence-electron chi connectivity index (χ4n) is 3.34. The van der Waals surface area contributed by atoms with Crippen LogP contribution >= 0.6 is 0 Å². The molecular weight excluding hydrogens is 312 g/mol. The number of nitrogens with zero attached hydrogens (tertiary/aromatic N) is 3. The molecule has 0 saturated carbocycles. The molecule has 25 heavy (non-hydrogen) atoms. The van der Waals surface area contributed by atoms with Crippen molar-refractivity contribution >= 4 is 17.3 Å². The van der Waals surface area contributed by atoms with E-state index in [9.17, 15) is 0 Å². The zero-order valence-corrected chi connectivity index (χ0v) is 15.4. The van der Waals surface area contributed by atoms with Gasteiger partial charge in [-0.05, 0) is 63.8 Å². The highest BCUT2D eigenvalue weighted by molar-refractivity contribution is 5.60. The summed E-state index contributed by atoms with van der Waals surface area (Å²) in [5, 5.41) is 3.36. The maximum absolute atomic E-state index is 5.68. The van der Waals surface area contributed by atoms with Gasteiger partial charge in [-0.1, -0.05) is 6.92 Å². The second-order valence-electron chi connectivity index (χ2n) is 6.83. The average Bonchev–Trinajstić information content (AvgIpc) is 2.63. The number of ether oxygens (including phenoxy) is 1. The van der Waals surface area contributed by atoms with Crippen LogP contribution in [0.25, 0.3) is 0 Å². The number of piperidine rings is 1. The lowest BCUT2D eigenvalue weighted by Crippen LogP contribution is -2.39. The summed E-state index contributed by atoms with van der Waals surface area (Å²) in [6.07, 6.45) is 6.79. The Kier molecular flexibility index (Phi) is 5.74. The third kappa shape index (κ3) is 4.62. The number of nitrogens with one attached hydrogen (secondary N) is 1. The Hall–Kier alpha value is -2.30. The lowest BCUT2D eigenvalue weighted by atomic mass is 10.0. The first-order valence-electron chi connectivity index (χ1n) is 9.28. The van der Waals surface area contributed by atoms with Crippen LogP contribution in [0.3, 0.4) is 0 Å². The Morgan fingerprint density at radius 2 is 2.00 bits per heavy atom. The summed E-state index contributed by atoms with van der Waals surface area (Å²) < 4.78 is 5.68. The first-order valence-corrected chi connectivity index (χ1v) is 9.28. The Morgan fingerprint density at radius 1 is 1.20 bits per heavy atom. The molecule has 1 N–H and O–H groups in total. The van der Waals surface area contributed by atoms with Gasteiger partial charge in [0.25, 0.3) is 0 Å². The minimum absolute atomic E-state index is 0.180. The van der Waals surface area contributed by atoms with Crippen LogP contribution in [0.5, 0.6) is 5.75 Å². The van der Waals surface area contributed by atoms with Crippen molar-refractivity contribution in [3.05, 3.63) is 36.7 Å². The molecule has 2 heterocycles. The van der Waals surface area contributed by atoms with Gasteiger partial charge in [0.2, 0.25) is 0 Å². The van der Waals surface area contributed by atoms with Crippen LogP contribution in [0.4, 0.5) is 17.3 Å². The zero-order valence-electron chi connectivity index (χ0n) is 15.4. The van der Waals surface area contributed by atoms with Crippen LogP contribution in [0.15, 0.2) is 36.7 Å². The molecule has 5 nitrogen and oxygen atoms in total. The largest absolute Gasteiger partial charge is 0.491 e. The summed E-state index contributed by atoms with van der Waals surface area (Å²) >= 11 is 0. The maximum Gasteiger partial charge on any atom is 0.135 e. The van der Waals surface area contributed by atoms with Crippen LogP contribution < -0.4 is 15.0 Å². The van der Waals surface area contributed by atoms with E-state index in [1.54, 1.807) is 6.33 Å². The summed E-state index contributed by atoms with van der Waals surface area (Å²) in [7, 11) is 0. The molecule has 1 unspecified atom stereocenters. The van der Waals surface area contributed by atoms with Gasteiger partial charge >= 0.3 is 0 Å². The van der Waals surface area contributed by atoms with Gasteiger partial charge in [-0.2, -0.15) is 0 Å². The fraction of sp³-hybridized carbons (Fsp3) is 0.500. The summed E-state index contributed by atoms with van der Waals surface area (Å²) in [5.41, 5.74) is 0.992. The molecule has 5 heteroatoms. The second kappa shape index (κ2) is 8.19. The molecule has 0 amide bonds. The Labute approximate surface area is 150 Å². The number of benzene rings is 1. The van der Waals surface area contributed by atoms with Gasteiger partial charge in [0.1, 0.15) is 23.7 Å². The molecule has 2 aromatic rings. The molecule has 1 aliphatic rings. The molecule has 134 valence electrons. The lowest BCUT2D eigenvalue weighted by molar-refractivity contribution is 0.242. The van der Waals surface area contributed by atoms with Gasteiger partial charge < -0.3 is 15.0 Å². The zero-order chi connectivity index (χ0) is 17.6. The van der Waals surface area contributed by atoms with E-state index in [0.717, 1.165) is 36.0 Å². The van der Waals surface area contributed by atoms with Gasteiger partial charge in [-0.15, -0.1) is 0 Å². The Balaban J connectivity index is 1.71. The van der Waals surface area contributed by atoms with Crippen molar-refractivity contribution in [1.29, 1.82) is 0 Å². The Morgan fingerprint density at radius 3 is 2.72 bits per heavy atom. The van der Waals surface area contributed by atoms with E-state index in [-0.39, 0.29) is 6.10 Å². The first kappa shape index (κ1) is 17.5. The summed E-state index contributed by atoms with van der Waals surface area (Å²) in [6.45, 7) is 7.39. The van der Waals surface area contributed by atoms with Gasteiger partial charge in [0.05, 0.1) is 6.10 Å². The van der Waals surface area contributed by atoms with Gasteiger partial charge in [-0.25, -0.2) is 9.97 Å². The predicted octanol–water partition coefficient (Wildman–Crippen LogP) is 4.78. The van der Waals surface area contributed by atoms with E-state index in [1.807, 2.05) is 44.2 Å². The molecule has 1 aliphatic heterocycles. The number of anilines is 3. The minimum Gasteiger partial charge on any atom is -0.491 e. The van der Waals surface area contributed by atoms with E-state index in [4.69, 9.17) is 4.74 Å². The SMILES string of the molecule is CCC1CCCCN1c1cc(Nc2ccc(OC(C)C)cc2)ncn1. The smallest absolute Gasteiger partial charge is 0.135 e. The molecule has 1 fully saturated rings. The summed E-state index contributed by atoms with van der Waals surface area (Å²) in [5.74, 6) is 2.72. The quantitative estimate of drug-likeness (QED) is 0.820. The minimum atomic E-state index is 0.180. The molecule has 0 spiro atoms. The van der Waals surface area contributed by atoms with Crippen molar-refractivity contribution in [2.24, 2.45) is 0 Å². The fourth-order valence-corrected chi connectivity index (χ4v) is 3.34. The van der Waals surface area contributed by atoms with E-state index in [1.165, 1.54) is 19.3 Å². The molecule has 1 aromatic carbocycles. The topological polar surface area (TPSA) is 50.3 Å². The normalized spacial score (nSPS) is 17.6. The van der Waals surface area contributed by atoms with E-state index >= 15 is 0 Å². The molecule has 3 rings (SSSR count). The second-order valence-corrected chi connectivity index (χ2v) is 6.83. The monoisotopic (exact) mass is 340 g/mol. The van der Waals surface area contributed by atoms with Gasteiger partial charge in [0.15, 0.2) is 0 Å². The number of aromatic nitrogens is 2. The number of hydrogen-bond acceptors (Lipinski definition) is 5. The van der Waals surface area contributed by atoms with E-state index in [2.05, 4.69) is 27.1 Å². The van der Waals surface area contributed by atoms with Crippen molar-refractivity contribution in [3.8, 4) is 5.75 Å². The molecule has 0 bridgehead atoms. The predicted molar refractivity (Wildman–Crippen MR) is 103 cm³/mol. The number of hydrogen-bond donors (Lipinski definition) is 1. The third-order valence-electron chi connectivity index (χ3n) is 4.54. The molecule has 1 aromatic heterocycles. The first-order chi connectivity index (χ1) is 12.2.